The van der Waals surface area contributed by atoms with Crippen LogP contribution in [-0.2, 0) is 17.9 Å². The molecule has 2 rings (SSSR count). The number of nitrogens with one attached hydrogen (secondary N) is 1. The van der Waals surface area contributed by atoms with E-state index in [4.69, 9.17) is 5.73 Å². The number of benzene rings is 1. The molecule has 1 atom stereocenters. The van der Waals surface area contributed by atoms with Crippen LogP contribution in [0.2, 0.25) is 0 Å². The third-order valence-corrected chi connectivity index (χ3v) is 3.85. The van der Waals surface area contributed by atoms with Gasteiger partial charge in [0.25, 0.3) is 0 Å². The summed E-state index contributed by atoms with van der Waals surface area (Å²) in [5, 5.41) is 2.78. The lowest BCUT2D eigenvalue weighted by Crippen LogP contribution is -2.33. The van der Waals surface area contributed by atoms with E-state index in [0.29, 0.717) is 6.54 Å². The van der Waals surface area contributed by atoms with Crippen molar-refractivity contribution in [2.45, 2.75) is 32.9 Å². The highest BCUT2D eigenvalue weighted by Crippen LogP contribution is 2.18. The van der Waals surface area contributed by atoms with Crippen LogP contribution in [0.4, 0.5) is 0 Å². The van der Waals surface area contributed by atoms with Gasteiger partial charge in [0.2, 0.25) is 5.91 Å². The average Bonchev–Trinajstić information content (AvgIpc) is 2.46. The third-order valence-electron chi connectivity index (χ3n) is 3.85. The number of nitrogens with two attached hydrogens (primary N) is 1. The molecule has 0 bridgehead atoms. The van der Waals surface area contributed by atoms with Gasteiger partial charge >= 0.3 is 0 Å². The number of carbonyl (C=O) groups is 1. The maximum Gasteiger partial charge on any atom is 0.234 e. The zero-order valence-electron chi connectivity index (χ0n) is 12.3. The minimum absolute atomic E-state index is 0.0469. The summed E-state index contributed by atoms with van der Waals surface area (Å²) in [6, 6.07) is 8.48. The lowest BCUT2D eigenvalue weighted by atomic mass is 9.99. The van der Waals surface area contributed by atoms with Crippen LogP contribution in [0.1, 0.15) is 30.9 Å². The molecule has 1 unspecified atom stereocenters. The van der Waals surface area contributed by atoms with Crippen molar-refractivity contribution in [3.8, 4) is 0 Å². The molecule has 1 amide bonds. The van der Waals surface area contributed by atoms with Crippen LogP contribution in [0.25, 0.3) is 0 Å². The summed E-state index contributed by atoms with van der Waals surface area (Å²) in [6.45, 7) is 6.37. The van der Waals surface area contributed by atoms with E-state index in [1.807, 2.05) is 0 Å². The molecule has 1 saturated heterocycles. The maximum atomic E-state index is 11.1. The molecule has 110 valence electrons. The zero-order valence-corrected chi connectivity index (χ0v) is 12.3. The number of rotatable bonds is 5. The summed E-state index contributed by atoms with van der Waals surface area (Å²) in [5.41, 5.74) is 7.71. The van der Waals surface area contributed by atoms with E-state index in [1.54, 1.807) is 0 Å². The molecule has 0 aromatic heterocycles. The Kier molecular flexibility index (Phi) is 5.56. The van der Waals surface area contributed by atoms with E-state index in [2.05, 4.69) is 41.4 Å². The van der Waals surface area contributed by atoms with Crippen LogP contribution in [-0.4, -0.2) is 30.4 Å². The van der Waals surface area contributed by atoms with Gasteiger partial charge in [0, 0.05) is 19.6 Å². The van der Waals surface area contributed by atoms with Crippen molar-refractivity contribution < 1.29 is 4.79 Å². The van der Waals surface area contributed by atoms with Crippen molar-refractivity contribution >= 4 is 5.91 Å². The first kappa shape index (κ1) is 15.0. The number of piperidine rings is 1. The van der Waals surface area contributed by atoms with Gasteiger partial charge in [-0.3, -0.25) is 9.69 Å². The fourth-order valence-corrected chi connectivity index (χ4v) is 2.72. The smallest absolute Gasteiger partial charge is 0.234 e. The molecule has 0 saturated carbocycles. The summed E-state index contributed by atoms with van der Waals surface area (Å²) >= 11 is 0. The standard InChI is InChI=1S/C16H25N3O/c1-13-3-2-8-19(11-13)12-15-6-4-14(5-7-15)10-18-16(20)9-17/h4-7,13H,2-3,8-12,17H2,1H3,(H,18,20). The fourth-order valence-electron chi connectivity index (χ4n) is 2.72. The molecular weight excluding hydrogens is 250 g/mol. The molecule has 1 aliphatic rings. The predicted molar refractivity (Wildman–Crippen MR) is 81.0 cm³/mol. The van der Waals surface area contributed by atoms with Crippen LogP contribution in [0.5, 0.6) is 0 Å². The highest BCUT2D eigenvalue weighted by atomic mass is 16.1. The largest absolute Gasteiger partial charge is 0.351 e. The van der Waals surface area contributed by atoms with Crippen molar-refractivity contribution in [3.63, 3.8) is 0 Å². The van der Waals surface area contributed by atoms with Gasteiger partial charge in [-0.1, -0.05) is 31.2 Å². The molecule has 1 aliphatic heterocycles. The van der Waals surface area contributed by atoms with Gasteiger partial charge in [-0.15, -0.1) is 0 Å². The van der Waals surface area contributed by atoms with E-state index in [-0.39, 0.29) is 12.5 Å². The van der Waals surface area contributed by atoms with Crippen molar-refractivity contribution in [1.82, 2.24) is 10.2 Å². The first-order chi connectivity index (χ1) is 9.67. The van der Waals surface area contributed by atoms with E-state index < -0.39 is 0 Å². The number of hydrogen-bond donors (Lipinski definition) is 2. The predicted octanol–water partition coefficient (Wildman–Crippen LogP) is 1.49. The van der Waals surface area contributed by atoms with Gasteiger partial charge in [-0.2, -0.15) is 0 Å². The van der Waals surface area contributed by atoms with Gasteiger partial charge in [-0.05, 0) is 36.4 Å². The van der Waals surface area contributed by atoms with Gasteiger partial charge in [0.05, 0.1) is 6.54 Å². The molecule has 0 spiro atoms. The van der Waals surface area contributed by atoms with E-state index in [9.17, 15) is 4.79 Å². The molecule has 20 heavy (non-hydrogen) atoms. The molecule has 0 aliphatic carbocycles. The van der Waals surface area contributed by atoms with Crippen LogP contribution >= 0.6 is 0 Å². The van der Waals surface area contributed by atoms with Crippen LogP contribution < -0.4 is 11.1 Å². The van der Waals surface area contributed by atoms with Crippen LogP contribution in [0.3, 0.4) is 0 Å². The molecular formula is C16H25N3O. The number of amides is 1. The normalized spacial score (nSPS) is 19.8. The Morgan fingerprint density at radius 2 is 2.05 bits per heavy atom. The highest BCUT2D eigenvalue weighted by molar-refractivity contribution is 5.77. The Morgan fingerprint density at radius 3 is 2.70 bits per heavy atom. The SMILES string of the molecule is CC1CCCN(Cc2ccc(CNC(=O)CN)cc2)C1. The minimum atomic E-state index is -0.114. The summed E-state index contributed by atoms with van der Waals surface area (Å²) < 4.78 is 0. The zero-order chi connectivity index (χ0) is 14.4. The fraction of sp³-hybridized carbons (Fsp3) is 0.562. The van der Waals surface area contributed by atoms with E-state index in [0.717, 1.165) is 18.0 Å². The summed E-state index contributed by atoms with van der Waals surface area (Å²) in [4.78, 5) is 13.6. The number of hydrogen-bond acceptors (Lipinski definition) is 3. The highest BCUT2D eigenvalue weighted by Gasteiger charge is 2.15. The molecule has 0 radical (unpaired) electrons. The molecule has 3 N–H and O–H groups in total. The quantitative estimate of drug-likeness (QED) is 0.856. The third kappa shape index (κ3) is 4.62. The number of likely N-dealkylation sites (tertiary alicyclic amines) is 1. The second kappa shape index (κ2) is 7.41. The monoisotopic (exact) mass is 275 g/mol. The van der Waals surface area contributed by atoms with Crippen molar-refractivity contribution in [1.29, 1.82) is 0 Å². The molecule has 4 heteroatoms. The maximum absolute atomic E-state index is 11.1. The van der Waals surface area contributed by atoms with Crippen LogP contribution in [0.15, 0.2) is 24.3 Å². The molecule has 1 aromatic carbocycles. The van der Waals surface area contributed by atoms with Crippen LogP contribution in [0, 0.1) is 5.92 Å². The lowest BCUT2D eigenvalue weighted by Gasteiger charge is -2.30. The topological polar surface area (TPSA) is 58.4 Å². The Balaban J connectivity index is 1.83. The molecule has 4 nitrogen and oxygen atoms in total. The van der Waals surface area contributed by atoms with Gasteiger partial charge in [0.15, 0.2) is 0 Å². The second-order valence-corrected chi connectivity index (χ2v) is 5.78. The number of carbonyl (C=O) groups excluding carboxylic acids is 1. The summed E-state index contributed by atoms with van der Waals surface area (Å²) in [6.07, 6.45) is 2.67. The first-order valence-electron chi connectivity index (χ1n) is 7.44. The Morgan fingerprint density at radius 1 is 1.35 bits per heavy atom. The summed E-state index contributed by atoms with van der Waals surface area (Å²) in [7, 11) is 0. The Bertz CT molecular complexity index is 430. The van der Waals surface area contributed by atoms with Gasteiger partial charge in [0.1, 0.15) is 0 Å². The van der Waals surface area contributed by atoms with Gasteiger partial charge in [-0.25, -0.2) is 0 Å². The van der Waals surface area contributed by atoms with Gasteiger partial charge < -0.3 is 11.1 Å². The first-order valence-corrected chi connectivity index (χ1v) is 7.44. The minimum Gasteiger partial charge on any atom is -0.351 e. The van der Waals surface area contributed by atoms with Crippen molar-refractivity contribution in [2.24, 2.45) is 11.7 Å². The Hall–Kier alpha value is -1.39. The molecule has 1 fully saturated rings. The second-order valence-electron chi connectivity index (χ2n) is 5.78. The average molecular weight is 275 g/mol. The molecule has 1 aromatic rings. The Labute approximate surface area is 121 Å². The molecule has 1 heterocycles. The van der Waals surface area contributed by atoms with Crippen molar-refractivity contribution in [2.75, 3.05) is 19.6 Å². The summed E-state index contributed by atoms with van der Waals surface area (Å²) in [5.74, 6) is 0.700. The lowest BCUT2D eigenvalue weighted by molar-refractivity contribution is -0.119. The van der Waals surface area contributed by atoms with E-state index in [1.165, 1.54) is 31.5 Å². The van der Waals surface area contributed by atoms with Crippen molar-refractivity contribution in [3.05, 3.63) is 35.4 Å². The van der Waals surface area contributed by atoms with E-state index >= 15 is 0 Å². The number of nitrogens with zero attached hydrogens (tertiary/aromatic N) is 1.